The Kier molecular flexibility index (Phi) is 4.63. The molecule has 0 aromatic heterocycles. The van der Waals surface area contributed by atoms with Gasteiger partial charge in [0.25, 0.3) is 0 Å². The molecule has 2 saturated heterocycles. The van der Waals surface area contributed by atoms with Gasteiger partial charge in [-0.3, -0.25) is 9.59 Å². The fourth-order valence-electron chi connectivity index (χ4n) is 3.99. The monoisotopic (exact) mass is 329 g/mol. The number of hydrogen-bond acceptors (Lipinski definition) is 3. The molecule has 0 bridgehead atoms. The van der Waals surface area contributed by atoms with Gasteiger partial charge in [-0.2, -0.15) is 0 Å². The first kappa shape index (κ1) is 17.0. The van der Waals surface area contributed by atoms with Crippen LogP contribution in [0.4, 0.5) is 5.69 Å². The average molecular weight is 329 g/mol. The van der Waals surface area contributed by atoms with Crippen LogP contribution in [0.15, 0.2) is 18.2 Å². The van der Waals surface area contributed by atoms with Crippen molar-refractivity contribution in [1.82, 2.24) is 4.90 Å². The van der Waals surface area contributed by atoms with Gasteiger partial charge in [-0.15, -0.1) is 0 Å². The van der Waals surface area contributed by atoms with Gasteiger partial charge >= 0.3 is 0 Å². The van der Waals surface area contributed by atoms with E-state index >= 15 is 0 Å². The zero-order valence-corrected chi connectivity index (χ0v) is 14.8. The topological polar surface area (TPSA) is 66.6 Å². The first-order valence-corrected chi connectivity index (χ1v) is 8.79. The van der Waals surface area contributed by atoms with E-state index in [0.29, 0.717) is 25.4 Å². The molecule has 2 heterocycles. The second-order valence-corrected chi connectivity index (χ2v) is 7.30. The number of anilines is 1. The number of carbonyl (C=O) groups excluding carboxylic acids is 2. The summed E-state index contributed by atoms with van der Waals surface area (Å²) in [5.74, 6) is 0.302. The van der Waals surface area contributed by atoms with Gasteiger partial charge in [-0.25, -0.2) is 0 Å². The highest BCUT2D eigenvalue weighted by Crippen LogP contribution is 2.32. The third-order valence-corrected chi connectivity index (χ3v) is 5.62. The maximum absolute atomic E-state index is 12.9. The minimum absolute atomic E-state index is 0.0456. The first-order valence-electron chi connectivity index (χ1n) is 8.79. The zero-order chi connectivity index (χ0) is 17.4. The maximum atomic E-state index is 12.9. The molecule has 1 aromatic carbocycles. The predicted octanol–water partition coefficient (Wildman–Crippen LogP) is 1.85. The van der Waals surface area contributed by atoms with Crippen molar-refractivity contribution < 1.29 is 9.59 Å². The predicted molar refractivity (Wildman–Crippen MR) is 94.7 cm³/mol. The highest BCUT2D eigenvalue weighted by molar-refractivity contribution is 6.01. The summed E-state index contributed by atoms with van der Waals surface area (Å²) in [7, 11) is 0. The van der Waals surface area contributed by atoms with Crippen LogP contribution in [0, 0.1) is 25.7 Å². The summed E-state index contributed by atoms with van der Waals surface area (Å²) in [6.07, 6.45) is 1.27. The van der Waals surface area contributed by atoms with Gasteiger partial charge in [0.1, 0.15) is 0 Å². The largest absolute Gasteiger partial charge is 0.339 e. The number of amides is 2. The van der Waals surface area contributed by atoms with Crippen LogP contribution in [0.1, 0.15) is 30.9 Å². The second-order valence-electron chi connectivity index (χ2n) is 7.30. The Morgan fingerprint density at radius 3 is 2.71 bits per heavy atom. The fraction of sp³-hybridized carbons (Fsp3) is 0.579. The Morgan fingerprint density at radius 2 is 2.04 bits per heavy atom. The smallest absolute Gasteiger partial charge is 0.228 e. The highest BCUT2D eigenvalue weighted by atomic mass is 16.2. The fourth-order valence-corrected chi connectivity index (χ4v) is 3.99. The number of carbonyl (C=O) groups is 2. The minimum Gasteiger partial charge on any atom is -0.339 e. The van der Waals surface area contributed by atoms with Crippen molar-refractivity contribution in [3.63, 3.8) is 0 Å². The van der Waals surface area contributed by atoms with E-state index in [1.54, 1.807) is 4.90 Å². The van der Waals surface area contributed by atoms with E-state index in [0.717, 1.165) is 29.8 Å². The van der Waals surface area contributed by atoms with Crippen LogP contribution < -0.4 is 10.6 Å². The zero-order valence-electron chi connectivity index (χ0n) is 14.8. The Labute approximate surface area is 143 Å². The molecule has 3 atom stereocenters. The molecule has 2 N–H and O–H groups in total. The van der Waals surface area contributed by atoms with Crippen LogP contribution in [0.3, 0.4) is 0 Å². The molecule has 0 spiro atoms. The van der Waals surface area contributed by atoms with Crippen LogP contribution in [-0.4, -0.2) is 42.4 Å². The molecular weight excluding hydrogens is 302 g/mol. The number of benzene rings is 1. The van der Waals surface area contributed by atoms with Crippen LogP contribution in [0.5, 0.6) is 0 Å². The van der Waals surface area contributed by atoms with Gasteiger partial charge in [0.2, 0.25) is 11.8 Å². The summed E-state index contributed by atoms with van der Waals surface area (Å²) in [5, 5.41) is 0. The number of aryl methyl sites for hydroxylation is 1. The van der Waals surface area contributed by atoms with Crippen molar-refractivity contribution in [1.29, 1.82) is 0 Å². The van der Waals surface area contributed by atoms with E-state index in [9.17, 15) is 9.59 Å². The summed E-state index contributed by atoms with van der Waals surface area (Å²) in [6.45, 7) is 7.98. The third kappa shape index (κ3) is 2.93. The number of likely N-dealkylation sites (tertiary alicyclic amines) is 1. The van der Waals surface area contributed by atoms with Gasteiger partial charge < -0.3 is 15.5 Å². The maximum Gasteiger partial charge on any atom is 0.228 e. The van der Waals surface area contributed by atoms with Crippen molar-refractivity contribution in [2.24, 2.45) is 17.6 Å². The van der Waals surface area contributed by atoms with Crippen molar-refractivity contribution in [2.45, 2.75) is 39.7 Å². The molecule has 0 aliphatic carbocycles. The molecular formula is C19H27N3O2. The SMILES string of the molecule is Cc1cccc(N2CC(C(=O)N3CC(CN)CC3C)CC2=O)c1C. The van der Waals surface area contributed by atoms with Crippen molar-refractivity contribution in [3.05, 3.63) is 29.3 Å². The number of hydrogen-bond donors (Lipinski definition) is 1. The molecule has 3 unspecified atom stereocenters. The summed E-state index contributed by atoms with van der Waals surface area (Å²) in [4.78, 5) is 29.1. The summed E-state index contributed by atoms with van der Waals surface area (Å²) in [6, 6.07) is 6.20. The van der Waals surface area contributed by atoms with Gasteiger partial charge in [-0.1, -0.05) is 12.1 Å². The highest BCUT2D eigenvalue weighted by Gasteiger charge is 2.41. The van der Waals surface area contributed by atoms with Crippen molar-refractivity contribution in [3.8, 4) is 0 Å². The Bertz CT molecular complexity index is 658. The van der Waals surface area contributed by atoms with E-state index in [1.807, 2.05) is 36.9 Å². The van der Waals surface area contributed by atoms with Crippen LogP contribution in [0.25, 0.3) is 0 Å². The van der Waals surface area contributed by atoms with Crippen LogP contribution in [0.2, 0.25) is 0 Å². The number of rotatable bonds is 3. The molecule has 130 valence electrons. The summed E-state index contributed by atoms with van der Waals surface area (Å²) >= 11 is 0. The molecule has 2 aliphatic rings. The molecule has 3 rings (SSSR count). The molecule has 0 saturated carbocycles. The van der Waals surface area contributed by atoms with E-state index in [4.69, 9.17) is 5.73 Å². The normalized spacial score (nSPS) is 27.2. The lowest BCUT2D eigenvalue weighted by molar-refractivity contribution is -0.136. The lowest BCUT2D eigenvalue weighted by atomic mass is 10.1. The van der Waals surface area contributed by atoms with E-state index < -0.39 is 0 Å². The van der Waals surface area contributed by atoms with E-state index in [1.165, 1.54) is 0 Å². The third-order valence-electron chi connectivity index (χ3n) is 5.62. The molecule has 5 heteroatoms. The lowest BCUT2D eigenvalue weighted by Gasteiger charge is -2.25. The average Bonchev–Trinajstić information content (AvgIpc) is 3.12. The Hall–Kier alpha value is -1.88. The van der Waals surface area contributed by atoms with Gasteiger partial charge in [0.05, 0.1) is 5.92 Å². The molecule has 5 nitrogen and oxygen atoms in total. The van der Waals surface area contributed by atoms with Crippen molar-refractivity contribution >= 4 is 17.5 Å². The Balaban J connectivity index is 1.75. The van der Waals surface area contributed by atoms with Crippen LogP contribution in [-0.2, 0) is 9.59 Å². The van der Waals surface area contributed by atoms with Gasteiger partial charge in [0, 0.05) is 31.2 Å². The van der Waals surface area contributed by atoms with Crippen LogP contribution >= 0.6 is 0 Å². The van der Waals surface area contributed by atoms with Gasteiger partial charge in [0.15, 0.2) is 0 Å². The molecule has 2 aliphatic heterocycles. The number of nitrogens with two attached hydrogens (primary N) is 1. The van der Waals surface area contributed by atoms with Gasteiger partial charge in [-0.05, 0) is 56.8 Å². The Morgan fingerprint density at radius 1 is 1.29 bits per heavy atom. The first-order chi connectivity index (χ1) is 11.4. The minimum atomic E-state index is -0.239. The standard InChI is InChI=1S/C19H27N3O2/c1-12-5-4-6-17(14(12)3)22-11-16(8-18(22)23)19(24)21-10-15(9-20)7-13(21)2/h4-6,13,15-16H,7-11,20H2,1-3H3. The van der Waals surface area contributed by atoms with Crippen molar-refractivity contribution in [2.75, 3.05) is 24.5 Å². The lowest BCUT2D eigenvalue weighted by Crippen LogP contribution is -2.40. The molecule has 1 aromatic rings. The quantitative estimate of drug-likeness (QED) is 0.920. The summed E-state index contributed by atoms with van der Waals surface area (Å²) in [5.41, 5.74) is 8.97. The number of nitrogens with zero attached hydrogens (tertiary/aromatic N) is 2. The molecule has 0 radical (unpaired) electrons. The summed E-state index contributed by atoms with van der Waals surface area (Å²) < 4.78 is 0. The molecule has 24 heavy (non-hydrogen) atoms. The molecule has 2 fully saturated rings. The molecule has 2 amide bonds. The van der Waals surface area contributed by atoms with E-state index in [2.05, 4.69) is 6.92 Å². The van der Waals surface area contributed by atoms with E-state index in [-0.39, 0.29) is 23.8 Å². The second kappa shape index (κ2) is 6.55.